The molecule has 1 aromatic rings. The summed E-state index contributed by atoms with van der Waals surface area (Å²) in [6.45, 7) is 4.02. The van der Waals surface area contributed by atoms with Gasteiger partial charge in [-0.15, -0.1) is 0 Å². The third kappa shape index (κ3) is 1.99. The minimum Gasteiger partial charge on any atom is -0.504 e. The molecule has 4 nitrogen and oxygen atoms in total. The van der Waals surface area contributed by atoms with Crippen molar-refractivity contribution in [2.45, 2.75) is 19.0 Å². The van der Waals surface area contributed by atoms with E-state index in [1.807, 2.05) is 6.07 Å². The highest BCUT2D eigenvalue weighted by atomic mass is 16.3. The van der Waals surface area contributed by atoms with Crippen LogP contribution in [-0.4, -0.2) is 41.3 Å². The maximum atomic E-state index is 9.49. The summed E-state index contributed by atoms with van der Waals surface area (Å²) in [4.78, 5) is 2.28. The van der Waals surface area contributed by atoms with Gasteiger partial charge < -0.3 is 15.5 Å². The highest BCUT2D eigenvalue weighted by Gasteiger charge is 2.25. The number of phenols is 2. The summed E-state index contributed by atoms with van der Waals surface area (Å²) in [6, 6.07) is 5.74. The van der Waals surface area contributed by atoms with Gasteiger partial charge in [-0.25, -0.2) is 0 Å². The van der Waals surface area contributed by atoms with Gasteiger partial charge in [0.25, 0.3) is 0 Å². The Morgan fingerprint density at radius 2 is 2.00 bits per heavy atom. The largest absolute Gasteiger partial charge is 0.504 e. The number of nitrogens with one attached hydrogen (secondary N) is 1. The van der Waals surface area contributed by atoms with Crippen molar-refractivity contribution in [3.8, 4) is 11.5 Å². The molecule has 0 aliphatic carbocycles. The standard InChI is InChI=1S/C12H18N2O2/c1-8-6-13-7-10(14(8)2)9-3-4-11(15)12(16)5-9/h3-5,8,10,13,15-16H,6-7H2,1-2H3. The Morgan fingerprint density at radius 3 is 2.69 bits per heavy atom. The first kappa shape index (κ1) is 11.2. The van der Waals surface area contributed by atoms with Crippen LogP contribution in [0, 0.1) is 0 Å². The fourth-order valence-corrected chi connectivity index (χ4v) is 2.12. The summed E-state index contributed by atoms with van der Waals surface area (Å²) in [7, 11) is 2.08. The van der Waals surface area contributed by atoms with Crippen LogP contribution in [0.2, 0.25) is 0 Å². The molecule has 0 radical (unpaired) electrons. The van der Waals surface area contributed by atoms with Gasteiger partial charge in [-0.2, -0.15) is 0 Å². The second kappa shape index (κ2) is 4.31. The molecule has 0 bridgehead atoms. The van der Waals surface area contributed by atoms with E-state index in [0.717, 1.165) is 18.7 Å². The summed E-state index contributed by atoms with van der Waals surface area (Å²) in [5.74, 6) is -0.118. The maximum Gasteiger partial charge on any atom is 0.157 e. The number of piperazine rings is 1. The maximum absolute atomic E-state index is 9.49. The van der Waals surface area contributed by atoms with Gasteiger partial charge in [0.15, 0.2) is 11.5 Å². The highest BCUT2D eigenvalue weighted by molar-refractivity contribution is 5.41. The van der Waals surface area contributed by atoms with Crippen LogP contribution in [0.1, 0.15) is 18.5 Å². The average molecular weight is 222 g/mol. The van der Waals surface area contributed by atoms with Crippen LogP contribution in [-0.2, 0) is 0 Å². The fourth-order valence-electron chi connectivity index (χ4n) is 2.12. The van der Waals surface area contributed by atoms with E-state index in [4.69, 9.17) is 0 Å². The zero-order valence-electron chi connectivity index (χ0n) is 9.64. The molecule has 16 heavy (non-hydrogen) atoms. The molecule has 1 aliphatic heterocycles. The van der Waals surface area contributed by atoms with Gasteiger partial charge in [0, 0.05) is 25.2 Å². The van der Waals surface area contributed by atoms with Gasteiger partial charge in [0.05, 0.1) is 0 Å². The van der Waals surface area contributed by atoms with E-state index < -0.39 is 0 Å². The van der Waals surface area contributed by atoms with Crippen molar-refractivity contribution in [3.05, 3.63) is 23.8 Å². The monoisotopic (exact) mass is 222 g/mol. The molecule has 0 saturated carbocycles. The van der Waals surface area contributed by atoms with Crippen LogP contribution in [0.3, 0.4) is 0 Å². The third-order valence-electron chi connectivity index (χ3n) is 3.35. The third-order valence-corrected chi connectivity index (χ3v) is 3.35. The second-order valence-electron chi connectivity index (χ2n) is 4.44. The zero-order valence-corrected chi connectivity index (χ0v) is 9.64. The average Bonchev–Trinajstić information content (AvgIpc) is 2.26. The van der Waals surface area contributed by atoms with E-state index in [-0.39, 0.29) is 17.5 Å². The van der Waals surface area contributed by atoms with Crippen molar-refractivity contribution < 1.29 is 10.2 Å². The van der Waals surface area contributed by atoms with E-state index in [1.54, 1.807) is 6.07 Å². The first-order valence-electron chi connectivity index (χ1n) is 5.54. The molecule has 1 fully saturated rings. The number of phenolic OH excluding ortho intramolecular Hbond substituents is 2. The van der Waals surface area contributed by atoms with Crippen molar-refractivity contribution in [1.82, 2.24) is 10.2 Å². The molecular formula is C12H18N2O2. The van der Waals surface area contributed by atoms with Gasteiger partial charge in [-0.1, -0.05) is 6.07 Å². The lowest BCUT2D eigenvalue weighted by Crippen LogP contribution is -2.49. The van der Waals surface area contributed by atoms with Crippen LogP contribution < -0.4 is 5.32 Å². The summed E-state index contributed by atoms with van der Waals surface area (Å²) < 4.78 is 0. The Bertz CT molecular complexity index is 381. The molecule has 0 amide bonds. The summed E-state index contributed by atoms with van der Waals surface area (Å²) in [5, 5.41) is 22.1. The van der Waals surface area contributed by atoms with E-state index >= 15 is 0 Å². The number of nitrogens with zero attached hydrogens (tertiary/aromatic N) is 1. The molecule has 0 spiro atoms. The minimum absolute atomic E-state index is 0.0517. The minimum atomic E-state index is -0.0665. The first-order chi connectivity index (χ1) is 7.59. The Labute approximate surface area is 95.5 Å². The Morgan fingerprint density at radius 1 is 1.25 bits per heavy atom. The van der Waals surface area contributed by atoms with Gasteiger partial charge in [-0.3, -0.25) is 4.90 Å². The molecule has 0 aromatic heterocycles. The van der Waals surface area contributed by atoms with Crippen LogP contribution in [0.25, 0.3) is 0 Å². The predicted octanol–water partition coefficient (Wildman–Crippen LogP) is 1.06. The van der Waals surface area contributed by atoms with E-state index in [9.17, 15) is 10.2 Å². The summed E-state index contributed by atoms with van der Waals surface area (Å²) >= 11 is 0. The van der Waals surface area contributed by atoms with Crippen LogP contribution >= 0.6 is 0 Å². The SMILES string of the molecule is CC1CNCC(c2ccc(O)c(O)c2)N1C. The van der Waals surface area contributed by atoms with Crippen molar-refractivity contribution in [3.63, 3.8) is 0 Å². The number of likely N-dealkylation sites (N-methyl/N-ethyl adjacent to an activating group) is 1. The molecule has 4 heteroatoms. The smallest absolute Gasteiger partial charge is 0.157 e. The molecule has 1 aromatic carbocycles. The molecule has 1 heterocycles. The number of hydrogen-bond donors (Lipinski definition) is 3. The van der Waals surface area contributed by atoms with Crippen LogP contribution in [0.15, 0.2) is 18.2 Å². The lowest BCUT2D eigenvalue weighted by molar-refractivity contribution is 0.141. The van der Waals surface area contributed by atoms with Crippen LogP contribution in [0.5, 0.6) is 11.5 Å². The number of hydrogen-bond acceptors (Lipinski definition) is 4. The van der Waals surface area contributed by atoms with E-state index in [0.29, 0.717) is 6.04 Å². The quantitative estimate of drug-likeness (QED) is 0.622. The number of benzene rings is 1. The first-order valence-corrected chi connectivity index (χ1v) is 5.54. The Balaban J connectivity index is 2.25. The van der Waals surface area contributed by atoms with Gasteiger partial charge in [0.2, 0.25) is 0 Å². The molecule has 1 aliphatic rings. The van der Waals surface area contributed by atoms with Crippen molar-refractivity contribution in [2.75, 3.05) is 20.1 Å². The Hall–Kier alpha value is -1.26. The van der Waals surface area contributed by atoms with Gasteiger partial charge in [0.1, 0.15) is 0 Å². The van der Waals surface area contributed by atoms with Crippen LogP contribution in [0.4, 0.5) is 0 Å². The molecule has 2 unspecified atom stereocenters. The summed E-state index contributed by atoms with van der Waals surface area (Å²) in [6.07, 6.45) is 0. The topological polar surface area (TPSA) is 55.7 Å². The number of rotatable bonds is 1. The van der Waals surface area contributed by atoms with E-state index in [1.165, 1.54) is 6.07 Å². The molecular weight excluding hydrogens is 204 g/mol. The van der Waals surface area contributed by atoms with Crippen molar-refractivity contribution in [1.29, 1.82) is 0 Å². The lowest BCUT2D eigenvalue weighted by Gasteiger charge is -2.38. The summed E-state index contributed by atoms with van der Waals surface area (Å²) in [5.41, 5.74) is 1.02. The highest BCUT2D eigenvalue weighted by Crippen LogP contribution is 2.31. The van der Waals surface area contributed by atoms with Gasteiger partial charge in [-0.05, 0) is 31.7 Å². The fraction of sp³-hybridized carbons (Fsp3) is 0.500. The Kier molecular flexibility index (Phi) is 3.03. The molecule has 1 saturated heterocycles. The van der Waals surface area contributed by atoms with Crippen molar-refractivity contribution in [2.24, 2.45) is 0 Å². The number of aromatic hydroxyl groups is 2. The molecule has 3 N–H and O–H groups in total. The predicted molar refractivity (Wildman–Crippen MR) is 62.6 cm³/mol. The normalized spacial score (nSPS) is 26.9. The molecule has 2 atom stereocenters. The van der Waals surface area contributed by atoms with Gasteiger partial charge >= 0.3 is 0 Å². The van der Waals surface area contributed by atoms with E-state index in [2.05, 4.69) is 24.2 Å². The lowest BCUT2D eigenvalue weighted by atomic mass is 10.0. The molecule has 2 rings (SSSR count). The molecule has 88 valence electrons. The second-order valence-corrected chi connectivity index (χ2v) is 4.44. The zero-order chi connectivity index (χ0) is 11.7. The van der Waals surface area contributed by atoms with Crippen molar-refractivity contribution >= 4 is 0 Å².